The smallest absolute Gasteiger partial charge is 0.116 e. The number of hydrogen-bond acceptors (Lipinski definition) is 3. The molecule has 0 unspecified atom stereocenters. The first-order chi connectivity index (χ1) is 14.3. The van der Waals surface area contributed by atoms with Crippen molar-refractivity contribution in [1.82, 2.24) is 19.7 Å². The van der Waals surface area contributed by atoms with Crippen molar-refractivity contribution in [2.45, 2.75) is 63.3 Å². The number of aromatic hydroxyl groups is 1. The van der Waals surface area contributed by atoms with Gasteiger partial charge in [-0.05, 0) is 80.4 Å². The molecule has 0 spiro atoms. The van der Waals surface area contributed by atoms with E-state index in [9.17, 15) is 5.11 Å². The van der Waals surface area contributed by atoms with Gasteiger partial charge in [-0.3, -0.25) is 4.68 Å². The predicted octanol–water partition coefficient (Wildman–Crippen LogP) is 5.00. The van der Waals surface area contributed by atoms with Crippen molar-refractivity contribution < 1.29 is 5.11 Å². The van der Waals surface area contributed by atoms with Crippen molar-refractivity contribution in [3.63, 3.8) is 0 Å². The second kappa shape index (κ2) is 8.23. The molecule has 5 rings (SSSR count). The van der Waals surface area contributed by atoms with Gasteiger partial charge in [0.05, 0.1) is 12.2 Å². The van der Waals surface area contributed by atoms with Crippen LogP contribution in [0.2, 0.25) is 0 Å². The number of rotatable bonds is 5. The van der Waals surface area contributed by atoms with Gasteiger partial charge >= 0.3 is 0 Å². The van der Waals surface area contributed by atoms with Crippen molar-refractivity contribution in [3.05, 3.63) is 47.9 Å². The third-order valence-corrected chi connectivity index (χ3v) is 7.05. The molecule has 3 aromatic rings. The lowest BCUT2D eigenvalue weighted by Crippen LogP contribution is -2.34. The number of phenolic OH excluding ortho intramolecular Hbond substituents is 1. The molecular formula is C24H32N4O. The largest absolute Gasteiger partial charge is 0.508 e. The fourth-order valence-electron chi connectivity index (χ4n) is 5.27. The van der Waals surface area contributed by atoms with Gasteiger partial charge in [0.1, 0.15) is 5.75 Å². The molecule has 1 saturated heterocycles. The van der Waals surface area contributed by atoms with Gasteiger partial charge in [-0.2, -0.15) is 5.10 Å². The van der Waals surface area contributed by atoms with E-state index < -0.39 is 0 Å². The third kappa shape index (κ3) is 4.06. The Bertz CT molecular complexity index is 945. The zero-order chi connectivity index (χ0) is 19.6. The van der Waals surface area contributed by atoms with Crippen LogP contribution in [0.25, 0.3) is 10.9 Å². The number of fused-ring (bicyclic) bond motifs is 1. The molecule has 0 bridgehead atoms. The number of likely N-dealkylation sites (tertiary alicyclic amines) is 1. The number of aromatic nitrogens is 3. The molecule has 0 atom stereocenters. The van der Waals surface area contributed by atoms with E-state index in [-0.39, 0.29) is 0 Å². The molecular weight excluding hydrogens is 360 g/mol. The summed E-state index contributed by atoms with van der Waals surface area (Å²) in [5, 5.41) is 15.7. The van der Waals surface area contributed by atoms with Crippen LogP contribution in [0.4, 0.5) is 0 Å². The Morgan fingerprint density at radius 3 is 2.72 bits per heavy atom. The molecule has 1 saturated carbocycles. The molecule has 2 aliphatic rings. The number of H-pyrrole nitrogens is 1. The first-order valence-electron chi connectivity index (χ1n) is 11.3. The van der Waals surface area contributed by atoms with Crippen LogP contribution in [0, 0.1) is 0 Å². The minimum atomic E-state index is 0.351. The van der Waals surface area contributed by atoms with Crippen LogP contribution >= 0.6 is 0 Å². The van der Waals surface area contributed by atoms with Gasteiger partial charge in [-0.1, -0.05) is 19.3 Å². The van der Waals surface area contributed by atoms with Crippen molar-refractivity contribution in [2.24, 2.45) is 0 Å². The zero-order valence-electron chi connectivity index (χ0n) is 17.2. The lowest BCUT2D eigenvalue weighted by atomic mass is 9.89. The van der Waals surface area contributed by atoms with Crippen LogP contribution in [0.3, 0.4) is 0 Å². The molecule has 1 aromatic carbocycles. The number of nitrogens with one attached hydrogen (secondary N) is 1. The zero-order valence-corrected chi connectivity index (χ0v) is 17.2. The summed E-state index contributed by atoms with van der Waals surface area (Å²) in [6.45, 7) is 3.41. The highest BCUT2D eigenvalue weighted by Crippen LogP contribution is 2.34. The SMILES string of the molecule is Oc1ccc2[nH]cc(C3CCN(CCc4cnn(C5CCCCC5)c4)CC3)c2c1. The summed E-state index contributed by atoms with van der Waals surface area (Å²) in [7, 11) is 0. The number of piperidine rings is 1. The summed E-state index contributed by atoms with van der Waals surface area (Å²) >= 11 is 0. The van der Waals surface area contributed by atoms with Crippen LogP contribution < -0.4 is 0 Å². The van der Waals surface area contributed by atoms with E-state index in [4.69, 9.17) is 0 Å². The Kier molecular flexibility index (Phi) is 5.32. The lowest BCUT2D eigenvalue weighted by molar-refractivity contribution is 0.215. The Labute approximate surface area is 172 Å². The highest BCUT2D eigenvalue weighted by atomic mass is 16.3. The summed E-state index contributed by atoms with van der Waals surface area (Å²) in [5.74, 6) is 0.931. The monoisotopic (exact) mass is 392 g/mol. The molecule has 5 heteroatoms. The second-order valence-electron chi connectivity index (χ2n) is 8.96. The first kappa shape index (κ1) is 18.7. The van der Waals surface area contributed by atoms with E-state index in [0.717, 1.165) is 31.6 Å². The van der Waals surface area contributed by atoms with Gasteiger partial charge in [-0.15, -0.1) is 0 Å². The van der Waals surface area contributed by atoms with Gasteiger partial charge in [-0.25, -0.2) is 0 Å². The Morgan fingerprint density at radius 2 is 1.90 bits per heavy atom. The molecule has 2 aromatic heterocycles. The van der Waals surface area contributed by atoms with Crippen molar-refractivity contribution in [3.8, 4) is 5.75 Å². The van der Waals surface area contributed by atoms with Crippen molar-refractivity contribution >= 4 is 10.9 Å². The maximum absolute atomic E-state index is 9.85. The summed E-state index contributed by atoms with van der Waals surface area (Å²) in [5.41, 5.74) is 3.87. The summed E-state index contributed by atoms with van der Waals surface area (Å²) in [4.78, 5) is 5.96. The Balaban J connectivity index is 1.14. The van der Waals surface area contributed by atoms with Gasteiger partial charge in [0.25, 0.3) is 0 Å². The van der Waals surface area contributed by atoms with Crippen LogP contribution in [-0.4, -0.2) is 44.4 Å². The minimum Gasteiger partial charge on any atom is -0.508 e. The highest BCUT2D eigenvalue weighted by Gasteiger charge is 2.23. The number of aromatic amines is 1. The van der Waals surface area contributed by atoms with E-state index in [2.05, 4.69) is 38.3 Å². The maximum atomic E-state index is 9.85. The predicted molar refractivity (Wildman–Crippen MR) is 116 cm³/mol. The van der Waals surface area contributed by atoms with E-state index in [1.165, 1.54) is 61.5 Å². The number of hydrogen-bond donors (Lipinski definition) is 2. The molecule has 1 aliphatic heterocycles. The number of nitrogens with zero attached hydrogens (tertiary/aromatic N) is 3. The quantitative estimate of drug-likeness (QED) is 0.643. The van der Waals surface area contributed by atoms with Crippen LogP contribution in [0.5, 0.6) is 5.75 Å². The number of benzene rings is 1. The normalized spacial score (nSPS) is 19.9. The maximum Gasteiger partial charge on any atom is 0.116 e. The van der Waals surface area contributed by atoms with Crippen molar-refractivity contribution in [2.75, 3.05) is 19.6 Å². The van der Waals surface area contributed by atoms with E-state index in [1.54, 1.807) is 6.07 Å². The van der Waals surface area contributed by atoms with Crippen molar-refractivity contribution in [1.29, 1.82) is 0 Å². The molecule has 0 radical (unpaired) electrons. The molecule has 154 valence electrons. The fraction of sp³-hybridized carbons (Fsp3) is 0.542. The second-order valence-corrected chi connectivity index (χ2v) is 8.96. The van der Waals surface area contributed by atoms with Crippen LogP contribution in [-0.2, 0) is 6.42 Å². The van der Waals surface area contributed by atoms with Gasteiger partial charge < -0.3 is 15.0 Å². The molecule has 2 fully saturated rings. The van der Waals surface area contributed by atoms with Crippen LogP contribution in [0.1, 0.15) is 68.0 Å². The Morgan fingerprint density at radius 1 is 1.07 bits per heavy atom. The summed E-state index contributed by atoms with van der Waals surface area (Å²) < 4.78 is 2.23. The van der Waals surface area contributed by atoms with E-state index in [1.807, 2.05) is 12.1 Å². The third-order valence-electron chi connectivity index (χ3n) is 7.05. The first-order valence-corrected chi connectivity index (χ1v) is 11.3. The Hall–Kier alpha value is -2.27. The van der Waals surface area contributed by atoms with E-state index >= 15 is 0 Å². The molecule has 1 aliphatic carbocycles. The molecule has 29 heavy (non-hydrogen) atoms. The topological polar surface area (TPSA) is 57.1 Å². The summed E-state index contributed by atoms with van der Waals surface area (Å²) in [6.07, 6.45) is 16.7. The lowest BCUT2D eigenvalue weighted by Gasteiger charge is -2.31. The molecule has 3 heterocycles. The summed E-state index contributed by atoms with van der Waals surface area (Å²) in [6, 6.07) is 6.25. The molecule has 2 N–H and O–H groups in total. The van der Waals surface area contributed by atoms with Crippen LogP contribution in [0.15, 0.2) is 36.8 Å². The average Bonchev–Trinajstić information content (AvgIpc) is 3.40. The fourth-order valence-corrected chi connectivity index (χ4v) is 5.27. The van der Waals surface area contributed by atoms with E-state index in [0.29, 0.717) is 17.7 Å². The average molecular weight is 393 g/mol. The number of phenols is 1. The highest BCUT2D eigenvalue weighted by molar-refractivity contribution is 5.85. The molecule has 0 amide bonds. The van der Waals surface area contributed by atoms with Gasteiger partial charge in [0.2, 0.25) is 0 Å². The molecule has 5 nitrogen and oxygen atoms in total. The minimum absolute atomic E-state index is 0.351. The van der Waals surface area contributed by atoms with Gasteiger partial charge in [0.15, 0.2) is 0 Å². The van der Waals surface area contributed by atoms with Gasteiger partial charge in [0, 0.05) is 29.8 Å². The standard InChI is InChI=1S/C24H32N4O/c29-21-6-7-24-22(14-21)23(16-25-24)19-9-12-27(13-10-19)11-8-18-15-26-28(17-18)20-4-2-1-3-5-20/h6-7,14-17,19-20,25,29H,1-5,8-13H2.